The van der Waals surface area contributed by atoms with Gasteiger partial charge in [-0.15, -0.1) is 0 Å². The number of nitrogens with zero attached hydrogens (tertiary/aromatic N) is 2. The zero-order valence-electron chi connectivity index (χ0n) is 13.8. The molecule has 1 amide bonds. The van der Waals surface area contributed by atoms with E-state index in [4.69, 9.17) is 0 Å². The third-order valence-corrected chi connectivity index (χ3v) is 4.51. The maximum absolute atomic E-state index is 13.1. The summed E-state index contributed by atoms with van der Waals surface area (Å²) in [5.41, 5.74) is 2.70. The Bertz CT molecular complexity index is 902. The SMILES string of the molecule is Cc1cc(NC(=O)C2CC2c2ccccc2)n(-c2ccc(F)cc2)n1. The van der Waals surface area contributed by atoms with Crippen LogP contribution in [0.4, 0.5) is 10.2 Å². The van der Waals surface area contributed by atoms with E-state index in [0.29, 0.717) is 11.5 Å². The van der Waals surface area contributed by atoms with Crippen LogP contribution in [-0.4, -0.2) is 15.7 Å². The molecule has 4 rings (SSSR count). The van der Waals surface area contributed by atoms with Gasteiger partial charge in [0.15, 0.2) is 0 Å². The van der Waals surface area contributed by atoms with Crippen molar-refractivity contribution in [3.05, 3.63) is 77.7 Å². The number of rotatable bonds is 4. The number of hydrogen-bond donors (Lipinski definition) is 1. The van der Waals surface area contributed by atoms with Gasteiger partial charge in [-0.3, -0.25) is 4.79 Å². The third kappa shape index (κ3) is 3.18. The second kappa shape index (κ2) is 6.16. The lowest BCUT2D eigenvalue weighted by Gasteiger charge is -2.09. The van der Waals surface area contributed by atoms with Crippen molar-refractivity contribution < 1.29 is 9.18 Å². The fourth-order valence-electron chi connectivity index (χ4n) is 3.14. The van der Waals surface area contributed by atoms with Gasteiger partial charge in [-0.1, -0.05) is 30.3 Å². The Morgan fingerprint density at radius 1 is 1.16 bits per heavy atom. The van der Waals surface area contributed by atoms with Crippen molar-refractivity contribution >= 4 is 11.7 Å². The van der Waals surface area contributed by atoms with E-state index < -0.39 is 0 Å². The maximum atomic E-state index is 13.1. The van der Waals surface area contributed by atoms with Gasteiger partial charge in [-0.2, -0.15) is 5.10 Å². The van der Waals surface area contributed by atoms with Crippen LogP contribution in [0.2, 0.25) is 0 Å². The summed E-state index contributed by atoms with van der Waals surface area (Å²) < 4.78 is 14.8. The summed E-state index contributed by atoms with van der Waals surface area (Å²) >= 11 is 0. The van der Waals surface area contributed by atoms with Gasteiger partial charge in [0.05, 0.1) is 11.4 Å². The van der Waals surface area contributed by atoms with Crippen LogP contribution >= 0.6 is 0 Å². The van der Waals surface area contributed by atoms with Gasteiger partial charge in [0.25, 0.3) is 0 Å². The van der Waals surface area contributed by atoms with E-state index in [-0.39, 0.29) is 23.6 Å². The molecule has 126 valence electrons. The Balaban J connectivity index is 1.52. The topological polar surface area (TPSA) is 46.9 Å². The first kappa shape index (κ1) is 15.6. The number of anilines is 1. The number of nitrogens with one attached hydrogen (secondary N) is 1. The van der Waals surface area contributed by atoms with Crippen molar-refractivity contribution in [2.24, 2.45) is 5.92 Å². The van der Waals surface area contributed by atoms with Gasteiger partial charge in [0.2, 0.25) is 5.91 Å². The molecule has 2 aromatic carbocycles. The standard InChI is InChI=1S/C20H18FN3O/c1-13-11-19(24(23-13)16-9-7-15(21)8-10-16)22-20(25)18-12-17(18)14-5-3-2-4-6-14/h2-11,17-18H,12H2,1H3,(H,22,25). The van der Waals surface area contributed by atoms with E-state index in [1.807, 2.05) is 31.2 Å². The molecule has 0 bridgehead atoms. The van der Waals surface area contributed by atoms with E-state index in [0.717, 1.165) is 12.1 Å². The minimum Gasteiger partial charge on any atom is -0.310 e. The zero-order chi connectivity index (χ0) is 17.4. The van der Waals surface area contributed by atoms with Crippen molar-refractivity contribution in [3.8, 4) is 5.69 Å². The first-order valence-corrected chi connectivity index (χ1v) is 8.30. The Labute approximate surface area is 145 Å². The normalized spacial score (nSPS) is 18.8. The van der Waals surface area contributed by atoms with E-state index in [9.17, 15) is 9.18 Å². The average molecular weight is 335 g/mol. The maximum Gasteiger partial charge on any atom is 0.229 e. The highest BCUT2D eigenvalue weighted by molar-refractivity contribution is 5.94. The lowest BCUT2D eigenvalue weighted by molar-refractivity contribution is -0.117. The van der Waals surface area contributed by atoms with Gasteiger partial charge in [0.1, 0.15) is 11.6 Å². The number of hydrogen-bond acceptors (Lipinski definition) is 2. The number of carbonyl (C=O) groups is 1. The first-order valence-electron chi connectivity index (χ1n) is 8.30. The fraction of sp³-hybridized carbons (Fsp3) is 0.200. The highest BCUT2D eigenvalue weighted by atomic mass is 19.1. The summed E-state index contributed by atoms with van der Waals surface area (Å²) in [4.78, 5) is 12.6. The molecule has 5 heteroatoms. The lowest BCUT2D eigenvalue weighted by atomic mass is 10.1. The van der Waals surface area contributed by atoms with Gasteiger partial charge in [0, 0.05) is 12.0 Å². The second-order valence-corrected chi connectivity index (χ2v) is 6.41. The number of aryl methyl sites for hydroxylation is 1. The Hall–Kier alpha value is -2.95. The molecule has 0 aliphatic heterocycles. The molecule has 2 atom stereocenters. The highest BCUT2D eigenvalue weighted by Crippen LogP contribution is 2.47. The zero-order valence-corrected chi connectivity index (χ0v) is 13.8. The second-order valence-electron chi connectivity index (χ2n) is 6.41. The largest absolute Gasteiger partial charge is 0.310 e. The quantitative estimate of drug-likeness (QED) is 0.781. The Kier molecular flexibility index (Phi) is 3.84. The lowest BCUT2D eigenvalue weighted by Crippen LogP contribution is -2.17. The van der Waals surface area contributed by atoms with Crippen LogP contribution in [0, 0.1) is 18.7 Å². The minimum atomic E-state index is -0.304. The molecule has 1 fully saturated rings. The summed E-state index contributed by atoms with van der Waals surface area (Å²) in [5, 5.41) is 7.37. The molecule has 4 nitrogen and oxygen atoms in total. The number of carbonyl (C=O) groups excluding carboxylic acids is 1. The van der Waals surface area contributed by atoms with Crippen LogP contribution in [0.5, 0.6) is 0 Å². The third-order valence-electron chi connectivity index (χ3n) is 4.51. The molecule has 1 aromatic heterocycles. The molecule has 1 saturated carbocycles. The molecular weight excluding hydrogens is 317 g/mol. The summed E-state index contributed by atoms with van der Waals surface area (Å²) in [6, 6.07) is 17.9. The van der Waals surface area contributed by atoms with Gasteiger partial charge < -0.3 is 5.32 Å². The predicted molar refractivity (Wildman–Crippen MR) is 94.2 cm³/mol. The molecule has 1 N–H and O–H groups in total. The smallest absolute Gasteiger partial charge is 0.229 e. The molecule has 1 aliphatic carbocycles. The van der Waals surface area contributed by atoms with Crippen molar-refractivity contribution in [1.29, 1.82) is 0 Å². The summed E-state index contributed by atoms with van der Waals surface area (Å²) in [5.74, 6) is 0.565. The molecular formula is C20H18FN3O. The number of amides is 1. The molecule has 1 aliphatic rings. The van der Waals surface area contributed by atoms with Gasteiger partial charge in [-0.25, -0.2) is 9.07 Å². The van der Waals surface area contributed by atoms with Crippen molar-refractivity contribution in [2.75, 3.05) is 5.32 Å². The molecule has 0 saturated heterocycles. The first-order chi connectivity index (χ1) is 12.1. The Morgan fingerprint density at radius 3 is 2.60 bits per heavy atom. The summed E-state index contributed by atoms with van der Waals surface area (Å²) in [6.45, 7) is 1.86. The van der Waals surface area contributed by atoms with Crippen molar-refractivity contribution in [1.82, 2.24) is 9.78 Å². The molecule has 2 unspecified atom stereocenters. The highest BCUT2D eigenvalue weighted by Gasteiger charge is 2.44. The van der Waals surface area contributed by atoms with Crippen molar-refractivity contribution in [3.63, 3.8) is 0 Å². The predicted octanol–water partition coefficient (Wildman–Crippen LogP) is 4.06. The minimum absolute atomic E-state index is 0.00267. The van der Waals surface area contributed by atoms with E-state index in [1.54, 1.807) is 16.8 Å². The van der Waals surface area contributed by atoms with Crippen molar-refractivity contribution in [2.45, 2.75) is 19.3 Å². The number of halogens is 1. The molecule has 0 radical (unpaired) electrons. The van der Waals surface area contributed by atoms with E-state index in [1.165, 1.54) is 17.7 Å². The van der Waals surface area contributed by atoms with Crippen LogP contribution in [0.1, 0.15) is 23.6 Å². The number of aromatic nitrogens is 2. The summed E-state index contributed by atoms with van der Waals surface area (Å²) in [7, 11) is 0. The van der Waals surface area contributed by atoms with Crippen LogP contribution in [-0.2, 0) is 4.79 Å². The van der Waals surface area contributed by atoms with E-state index >= 15 is 0 Å². The number of benzene rings is 2. The Morgan fingerprint density at radius 2 is 1.88 bits per heavy atom. The molecule has 3 aromatic rings. The van der Waals surface area contributed by atoms with Crippen LogP contribution < -0.4 is 5.32 Å². The fourth-order valence-corrected chi connectivity index (χ4v) is 3.14. The van der Waals surface area contributed by atoms with Gasteiger partial charge >= 0.3 is 0 Å². The van der Waals surface area contributed by atoms with Crippen LogP contribution in [0.15, 0.2) is 60.7 Å². The molecule has 1 heterocycles. The van der Waals surface area contributed by atoms with Crippen LogP contribution in [0.3, 0.4) is 0 Å². The van der Waals surface area contributed by atoms with Gasteiger partial charge in [-0.05, 0) is 49.1 Å². The van der Waals surface area contributed by atoms with E-state index in [2.05, 4.69) is 22.5 Å². The molecule has 0 spiro atoms. The monoisotopic (exact) mass is 335 g/mol. The summed E-state index contributed by atoms with van der Waals surface area (Å²) in [6.07, 6.45) is 0.861. The molecule has 25 heavy (non-hydrogen) atoms. The van der Waals surface area contributed by atoms with Crippen LogP contribution in [0.25, 0.3) is 5.69 Å². The average Bonchev–Trinajstić information content (AvgIpc) is 3.34.